The lowest BCUT2D eigenvalue weighted by molar-refractivity contribution is -0.146. The van der Waals surface area contributed by atoms with Crippen LogP contribution >= 0.6 is 0 Å². The highest BCUT2D eigenvalue weighted by Gasteiger charge is 2.45. The van der Waals surface area contributed by atoms with Crippen LogP contribution in [0.2, 0.25) is 0 Å². The van der Waals surface area contributed by atoms with Crippen LogP contribution in [0.3, 0.4) is 0 Å². The third kappa shape index (κ3) is 3.63. The summed E-state index contributed by atoms with van der Waals surface area (Å²) < 4.78 is 0. The monoisotopic (exact) mass is 290 g/mol. The van der Waals surface area contributed by atoms with Gasteiger partial charge < -0.3 is 15.7 Å². The Labute approximate surface area is 126 Å². The van der Waals surface area contributed by atoms with Crippen LogP contribution in [0.5, 0.6) is 0 Å². The molecule has 1 amide bonds. The van der Waals surface area contributed by atoms with Crippen LogP contribution in [0.4, 0.5) is 0 Å². The fraction of sp³-hybridized carbons (Fsp3) is 0.588. The molecule has 0 unspecified atom stereocenters. The third-order valence-electron chi connectivity index (χ3n) is 4.34. The Kier molecular flexibility index (Phi) is 5.01. The number of carbonyl (C=O) groups is 1. The minimum Gasteiger partial charge on any atom is -0.380 e. The Morgan fingerprint density at radius 1 is 1.29 bits per heavy atom. The first-order valence-electron chi connectivity index (χ1n) is 7.81. The minimum atomic E-state index is -1.26. The molecule has 0 bridgehead atoms. The van der Waals surface area contributed by atoms with Crippen molar-refractivity contribution in [2.75, 3.05) is 13.1 Å². The molecule has 1 heterocycles. The molecule has 116 valence electrons. The van der Waals surface area contributed by atoms with E-state index < -0.39 is 11.1 Å². The van der Waals surface area contributed by atoms with Gasteiger partial charge in [0.15, 0.2) is 0 Å². The van der Waals surface area contributed by atoms with Gasteiger partial charge >= 0.3 is 0 Å². The summed E-state index contributed by atoms with van der Waals surface area (Å²) in [5.41, 5.74) is -0.589. The molecule has 0 radical (unpaired) electrons. The molecular formula is C17H26N2O2. The summed E-state index contributed by atoms with van der Waals surface area (Å²) in [6.45, 7) is 5.38. The van der Waals surface area contributed by atoms with Gasteiger partial charge in [-0.2, -0.15) is 0 Å². The number of benzene rings is 1. The van der Waals surface area contributed by atoms with Gasteiger partial charge in [-0.3, -0.25) is 4.79 Å². The van der Waals surface area contributed by atoms with Gasteiger partial charge in [0.1, 0.15) is 5.60 Å². The molecular weight excluding hydrogens is 264 g/mol. The number of nitrogens with one attached hydrogen (secondary N) is 2. The summed E-state index contributed by atoms with van der Waals surface area (Å²) in [7, 11) is 0. The topological polar surface area (TPSA) is 61.4 Å². The summed E-state index contributed by atoms with van der Waals surface area (Å²) >= 11 is 0. The van der Waals surface area contributed by atoms with E-state index in [4.69, 9.17) is 0 Å². The van der Waals surface area contributed by atoms with E-state index in [0.717, 1.165) is 31.4 Å². The molecule has 0 spiro atoms. The van der Waals surface area contributed by atoms with Crippen molar-refractivity contribution in [3.05, 3.63) is 35.9 Å². The number of hydrogen-bond donors (Lipinski definition) is 3. The molecule has 0 aromatic heterocycles. The van der Waals surface area contributed by atoms with Gasteiger partial charge in [0.25, 0.3) is 5.91 Å². The number of amides is 1. The highest BCUT2D eigenvalue weighted by atomic mass is 16.3. The number of aliphatic hydroxyl groups is 1. The normalized spacial score (nSPS) is 29.2. The summed E-state index contributed by atoms with van der Waals surface area (Å²) in [6.07, 6.45) is 3.47. The highest BCUT2D eigenvalue weighted by molar-refractivity contribution is 5.86. The second-order valence-corrected chi connectivity index (χ2v) is 6.21. The van der Waals surface area contributed by atoms with Crippen molar-refractivity contribution in [3.63, 3.8) is 0 Å². The van der Waals surface area contributed by atoms with Crippen molar-refractivity contribution < 1.29 is 9.90 Å². The Hall–Kier alpha value is -1.39. The summed E-state index contributed by atoms with van der Waals surface area (Å²) in [5.74, 6) is -0.283. The summed E-state index contributed by atoms with van der Waals surface area (Å²) in [4.78, 5) is 12.2. The Bertz CT molecular complexity index is 473. The van der Waals surface area contributed by atoms with Gasteiger partial charge in [0.05, 0.1) is 5.54 Å². The quantitative estimate of drug-likeness (QED) is 0.702. The summed E-state index contributed by atoms with van der Waals surface area (Å²) in [5, 5.41) is 16.6. The van der Waals surface area contributed by atoms with Crippen molar-refractivity contribution in [3.8, 4) is 0 Å². The summed E-state index contributed by atoms with van der Waals surface area (Å²) in [6, 6.07) is 10.0. The van der Waals surface area contributed by atoms with Gasteiger partial charge in [-0.15, -0.1) is 0 Å². The maximum atomic E-state index is 12.2. The van der Waals surface area contributed by atoms with E-state index in [0.29, 0.717) is 13.0 Å². The van der Waals surface area contributed by atoms with Crippen molar-refractivity contribution in [1.29, 1.82) is 0 Å². The van der Waals surface area contributed by atoms with Crippen LogP contribution in [0.15, 0.2) is 30.3 Å². The second-order valence-electron chi connectivity index (χ2n) is 6.21. The first-order chi connectivity index (χ1) is 10.0. The maximum absolute atomic E-state index is 12.2. The van der Waals surface area contributed by atoms with Gasteiger partial charge in [0.2, 0.25) is 0 Å². The molecule has 2 rings (SSSR count). The van der Waals surface area contributed by atoms with E-state index in [-0.39, 0.29) is 5.91 Å². The molecule has 21 heavy (non-hydrogen) atoms. The first-order valence-corrected chi connectivity index (χ1v) is 7.81. The Balaban J connectivity index is 2.18. The molecule has 1 aromatic carbocycles. The van der Waals surface area contributed by atoms with Crippen LogP contribution in [-0.4, -0.2) is 29.7 Å². The van der Waals surface area contributed by atoms with E-state index in [9.17, 15) is 9.90 Å². The van der Waals surface area contributed by atoms with E-state index in [1.165, 1.54) is 0 Å². The van der Waals surface area contributed by atoms with E-state index in [2.05, 4.69) is 17.6 Å². The minimum absolute atomic E-state index is 0.283. The largest absolute Gasteiger partial charge is 0.380 e. The van der Waals surface area contributed by atoms with Crippen LogP contribution in [0.25, 0.3) is 0 Å². The smallest absolute Gasteiger partial charge is 0.252 e. The fourth-order valence-electron chi connectivity index (χ4n) is 2.80. The van der Waals surface area contributed by atoms with Gasteiger partial charge in [-0.05, 0) is 38.3 Å². The Morgan fingerprint density at radius 3 is 2.62 bits per heavy atom. The van der Waals surface area contributed by atoms with Crippen LogP contribution in [0, 0.1) is 0 Å². The molecule has 1 aliphatic rings. The molecule has 1 aromatic rings. The standard InChI is InChI=1S/C17H26N2O2/c1-3-4-12-18-13-17(14-8-6-5-7-9-14)11-10-16(2,21)15(20)19-17/h5-9,18,21H,3-4,10-13H2,1-2H3,(H,19,20)/t16-,17-/m0/s1. The molecule has 0 aliphatic carbocycles. The predicted octanol–water partition coefficient (Wildman–Crippen LogP) is 1.93. The fourth-order valence-corrected chi connectivity index (χ4v) is 2.80. The zero-order valence-corrected chi connectivity index (χ0v) is 13.0. The second kappa shape index (κ2) is 6.58. The zero-order valence-electron chi connectivity index (χ0n) is 13.0. The van der Waals surface area contributed by atoms with E-state index >= 15 is 0 Å². The molecule has 1 saturated heterocycles. The number of carbonyl (C=O) groups excluding carboxylic acids is 1. The van der Waals surface area contributed by atoms with Crippen LogP contribution in [-0.2, 0) is 10.3 Å². The number of piperidine rings is 1. The van der Waals surface area contributed by atoms with Crippen molar-refractivity contribution in [2.45, 2.75) is 50.7 Å². The number of hydrogen-bond acceptors (Lipinski definition) is 3. The number of unbranched alkanes of at least 4 members (excludes halogenated alkanes) is 1. The van der Waals surface area contributed by atoms with Gasteiger partial charge in [-0.1, -0.05) is 43.7 Å². The van der Waals surface area contributed by atoms with E-state index in [1.807, 2.05) is 30.3 Å². The first kappa shape index (κ1) is 16.0. The zero-order chi connectivity index (χ0) is 15.3. The maximum Gasteiger partial charge on any atom is 0.252 e. The molecule has 3 N–H and O–H groups in total. The van der Waals surface area contributed by atoms with Crippen LogP contribution < -0.4 is 10.6 Å². The van der Waals surface area contributed by atoms with Crippen LogP contribution in [0.1, 0.15) is 45.1 Å². The average Bonchev–Trinajstić information content (AvgIpc) is 2.49. The molecule has 0 saturated carbocycles. The van der Waals surface area contributed by atoms with Crippen molar-refractivity contribution in [1.82, 2.24) is 10.6 Å². The molecule has 4 nitrogen and oxygen atoms in total. The lowest BCUT2D eigenvalue weighted by atomic mass is 9.77. The number of rotatable bonds is 6. The highest BCUT2D eigenvalue weighted by Crippen LogP contribution is 2.34. The predicted molar refractivity (Wildman–Crippen MR) is 83.9 cm³/mol. The average molecular weight is 290 g/mol. The van der Waals surface area contributed by atoms with Gasteiger partial charge in [0, 0.05) is 6.54 Å². The molecule has 4 heteroatoms. The molecule has 2 atom stereocenters. The van der Waals surface area contributed by atoms with Crippen molar-refractivity contribution in [2.24, 2.45) is 0 Å². The molecule has 1 aliphatic heterocycles. The molecule has 1 fully saturated rings. The van der Waals surface area contributed by atoms with Crippen molar-refractivity contribution >= 4 is 5.91 Å². The lowest BCUT2D eigenvalue weighted by Gasteiger charge is -2.43. The SMILES string of the molecule is CCCCNC[C@]1(c2ccccc2)CC[C@](C)(O)C(=O)N1. The Morgan fingerprint density at radius 2 is 2.00 bits per heavy atom. The lowest BCUT2D eigenvalue weighted by Crippen LogP contribution is -2.62. The van der Waals surface area contributed by atoms with E-state index in [1.54, 1.807) is 6.92 Å². The third-order valence-corrected chi connectivity index (χ3v) is 4.34. The van der Waals surface area contributed by atoms with Gasteiger partial charge in [-0.25, -0.2) is 0 Å².